The molecule has 234 valence electrons. The molecule has 0 bridgehead atoms. The van der Waals surface area contributed by atoms with Crippen molar-refractivity contribution in [2.24, 2.45) is 11.8 Å². The van der Waals surface area contributed by atoms with Crippen molar-refractivity contribution in [2.75, 3.05) is 18.0 Å². The first kappa shape index (κ1) is 32.4. The van der Waals surface area contributed by atoms with Crippen LogP contribution in [-0.2, 0) is 16.0 Å². The van der Waals surface area contributed by atoms with Crippen LogP contribution in [-0.4, -0.2) is 50.6 Å². The zero-order chi connectivity index (χ0) is 30.6. The highest BCUT2D eigenvalue weighted by Crippen LogP contribution is 2.29. The molecule has 1 aliphatic rings. The molecule has 0 saturated carbocycles. The lowest BCUT2D eigenvalue weighted by Crippen LogP contribution is -2.53. The molecule has 1 fully saturated rings. The molecule has 3 aromatic rings. The van der Waals surface area contributed by atoms with Crippen molar-refractivity contribution in [3.63, 3.8) is 0 Å². The van der Waals surface area contributed by atoms with Gasteiger partial charge in [0.25, 0.3) is 0 Å². The van der Waals surface area contributed by atoms with E-state index in [4.69, 9.17) is 4.74 Å². The molecule has 10 heteroatoms. The van der Waals surface area contributed by atoms with E-state index >= 15 is 0 Å². The molecule has 4 rings (SSSR count). The smallest absolute Gasteiger partial charge is 0.376 e. The molecular formula is C33H47FN6O3. The summed E-state index contributed by atoms with van der Waals surface area (Å²) in [6.07, 6.45) is 13.4. The summed E-state index contributed by atoms with van der Waals surface area (Å²) < 4.78 is 21.9. The minimum atomic E-state index is -0.774. The Morgan fingerprint density at radius 1 is 1.07 bits per heavy atom. The lowest BCUT2D eigenvalue weighted by Gasteiger charge is -2.41. The van der Waals surface area contributed by atoms with Crippen molar-refractivity contribution >= 4 is 18.0 Å². The fourth-order valence-corrected chi connectivity index (χ4v) is 5.91. The summed E-state index contributed by atoms with van der Waals surface area (Å²) in [7, 11) is 0. The zero-order valence-electron chi connectivity index (χ0n) is 25.8. The molecule has 1 saturated heterocycles. The average molecular weight is 595 g/mol. The Morgan fingerprint density at radius 3 is 2.53 bits per heavy atom. The topological polar surface area (TPSA) is 94.3 Å². The third kappa shape index (κ3) is 9.48. The number of carbonyl (C=O) groups excluding carboxylic acids is 2. The normalized spacial score (nSPS) is 17.7. The van der Waals surface area contributed by atoms with Gasteiger partial charge in [0, 0.05) is 25.4 Å². The summed E-state index contributed by atoms with van der Waals surface area (Å²) in [5.41, 5.74) is 1.14. The monoisotopic (exact) mass is 594 g/mol. The van der Waals surface area contributed by atoms with Crippen LogP contribution in [0.25, 0.3) is 0 Å². The van der Waals surface area contributed by atoms with E-state index in [0.717, 1.165) is 63.5 Å². The van der Waals surface area contributed by atoms with E-state index in [-0.39, 0.29) is 24.4 Å². The molecule has 1 N–H and O–H groups in total. The summed E-state index contributed by atoms with van der Waals surface area (Å²) in [4.78, 5) is 27.6. The Bertz CT molecular complexity index is 1260. The molecule has 0 radical (unpaired) electrons. The van der Waals surface area contributed by atoms with Crippen LogP contribution >= 0.6 is 0 Å². The number of esters is 1. The summed E-state index contributed by atoms with van der Waals surface area (Å²) >= 11 is 0. The van der Waals surface area contributed by atoms with Gasteiger partial charge in [-0.3, -0.25) is 10.1 Å². The number of piperidine rings is 1. The Labute approximate surface area is 254 Å². The van der Waals surface area contributed by atoms with Crippen LogP contribution in [0, 0.1) is 17.7 Å². The lowest BCUT2D eigenvalue weighted by molar-refractivity contribution is -0.137. The largest absolute Gasteiger partial charge is 0.429 e. The summed E-state index contributed by atoms with van der Waals surface area (Å²) in [5, 5.41) is 12.0. The molecule has 1 aliphatic heterocycles. The number of nitrogens with one attached hydrogen (secondary N) is 1. The van der Waals surface area contributed by atoms with E-state index in [0.29, 0.717) is 30.7 Å². The van der Waals surface area contributed by atoms with Gasteiger partial charge >= 0.3 is 12.1 Å². The van der Waals surface area contributed by atoms with Crippen molar-refractivity contribution in [3.05, 3.63) is 66.5 Å². The number of hydrogen-bond acceptors (Lipinski definition) is 7. The van der Waals surface area contributed by atoms with Crippen LogP contribution in [0.2, 0.25) is 0 Å². The van der Waals surface area contributed by atoms with Crippen molar-refractivity contribution in [3.8, 4) is 0 Å². The number of halogens is 1. The van der Waals surface area contributed by atoms with E-state index in [1.807, 2.05) is 24.3 Å². The zero-order valence-corrected chi connectivity index (χ0v) is 25.8. The predicted octanol–water partition coefficient (Wildman–Crippen LogP) is 6.75. The third-order valence-electron chi connectivity index (χ3n) is 8.79. The minimum absolute atomic E-state index is 0.0532. The Hall–Kier alpha value is -3.53. The van der Waals surface area contributed by atoms with Gasteiger partial charge in [0.05, 0.1) is 12.2 Å². The van der Waals surface area contributed by atoms with Gasteiger partial charge in [0.15, 0.2) is 0 Å². The molecule has 0 spiro atoms. The first-order chi connectivity index (χ1) is 20.9. The van der Waals surface area contributed by atoms with Crippen molar-refractivity contribution in [1.82, 2.24) is 24.6 Å². The number of hydrogen-bond donors (Lipinski definition) is 1. The van der Waals surface area contributed by atoms with Crippen LogP contribution in [0.4, 0.5) is 15.1 Å². The molecule has 0 aliphatic carbocycles. The molecule has 3 atom stereocenters. The maximum atomic E-state index is 13.2. The SMILES string of the molecule is CCC(CC)CCCC(=O)OC(=O)n1cnnc1N1CC(n2cccc2)CCC1NCCC(C)CCc1ccc(F)cc1. The van der Waals surface area contributed by atoms with Crippen LogP contribution in [0.5, 0.6) is 0 Å². The highest BCUT2D eigenvalue weighted by atomic mass is 19.1. The predicted molar refractivity (Wildman–Crippen MR) is 165 cm³/mol. The number of aryl methyl sites for hydroxylation is 1. The minimum Gasteiger partial charge on any atom is -0.376 e. The molecule has 3 heterocycles. The van der Waals surface area contributed by atoms with Crippen LogP contribution in [0.15, 0.2) is 55.1 Å². The van der Waals surface area contributed by atoms with Crippen LogP contribution in [0.1, 0.15) is 90.2 Å². The summed E-state index contributed by atoms with van der Waals surface area (Å²) in [5.74, 6) is 0.705. The standard InChI is InChI=1S/C33H47FN6O3/c1-4-26(5-2)9-8-10-31(41)43-33(42)40-24-36-37-32(40)39-23-29(38-21-6-7-22-38)17-18-30(39)35-20-19-25(3)11-12-27-13-15-28(34)16-14-27/h6-7,13-16,21-22,24-26,29-30,35H,4-5,8-12,17-20,23H2,1-3H3. The second-order valence-corrected chi connectivity index (χ2v) is 11.9. The van der Waals surface area contributed by atoms with Gasteiger partial charge in [-0.1, -0.05) is 45.7 Å². The van der Waals surface area contributed by atoms with E-state index < -0.39 is 12.1 Å². The number of carbonyl (C=O) groups is 2. The van der Waals surface area contributed by atoms with E-state index in [2.05, 4.69) is 58.1 Å². The number of benzene rings is 1. The maximum absolute atomic E-state index is 13.2. The van der Waals surface area contributed by atoms with Gasteiger partial charge in [-0.2, -0.15) is 0 Å². The van der Waals surface area contributed by atoms with Crippen molar-refractivity contribution in [2.45, 2.75) is 97.2 Å². The maximum Gasteiger partial charge on any atom is 0.429 e. The van der Waals surface area contributed by atoms with Crippen molar-refractivity contribution < 1.29 is 18.7 Å². The van der Waals surface area contributed by atoms with Crippen LogP contribution in [0.3, 0.4) is 0 Å². The molecule has 43 heavy (non-hydrogen) atoms. The molecule has 9 nitrogen and oxygen atoms in total. The van der Waals surface area contributed by atoms with Gasteiger partial charge in [-0.15, -0.1) is 10.2 Å². The fourth-order valence-electron chi connectivity index (χ4n) is 5.91. The van der Waals surface area contributed by atoms with Gasteiger partial charge < -0.3 is 14.2 Å². The molecule has 2 aromatic heterocycles. The fraction of sp³-hybridized carbons (Fsp3) is 0.576. The Balaban J connectivity index is 1.36. The summed E-state index contributed by atoms with van der Waals surface area (Å²) in [6.45, 7) is 7.98. The quantitative estimate of drug-likeness (QED) is 0.154. The van der Waals surface area contributed by atoms with Gasteiger partial charge in [-0.05, 0) is 93.2 Å². The van der Waals surface area contributed by atoms with Crippen molar-refractivity contribution in [1.29, 1.82) is 0 Å². The molecule has 0 amide bonds. The van der Waals surface area contributed by atoms with Gasteiger partial charge in [0.1, 0.15) is 12.1 Å². The van der Waals surface area contributed by atoms with E-state index in [9.17, 15) is 14.0 Å². The first-order valence-electron chi connectivity index (χ1n) is 15.9. The number of aromatic nitrogens is 4. The summed E-state index contributed by atoms with van der Waals surface area (Å²) in [6, 6.07) is 11.0. The number of nitrogens with zero attached hydrogens (tertiary/aromatic N) is 5. The number of rotatable bonds is 15. The van der Waals surface area contributed by atoms with Gasteiger partial charge in [-0.25, -0.2) is 13.8 Å². The van der Waals surface area contributed by atoms with E-state index in [1.165, 1.54) is 23.0 Å². The van der Waals surface area contributed by atoms with Gasteiger partial charge in [0.2, 0.25) is 5.95 Å². The molecular weight excluding hydrogens is 547 g/mol. The number of anilines is 1. The highest BCUT2D eigenvalue weighted by Gasteiger charge is 2.33. The highest BCUT2D eigenvalue weighted by molar-refractivity contribution is 5.87. The first-order valence-corrected chi connectivity index (χ1v) is 15.9. The van der Waals surface area contributed by atoms with E-state index in [1.54, 1.807) is 0 Å². The Morgan fingerprint density at radius 2 is 1.81 bits per heavy atom. The third-order valence-corrected chi connectivity index (χ3v) is 8.79. The number of ether oxygens (including phenoxy) is 1. The molecule has 3 unspecified atom stereocenters. The second-order valence-electron chi connectivity index (χ2n) is 11.9. The second kappa shape index (κ2) is 16.4. The lowest BCUT2D eigenvalue weighted by atomic mass is 9.97. The molecule has 1 aromatic carbocycles. The Kier molecular flexibility index (Phi) is 12.3. The average Bonchev–Trinajstić information content (AvgIpc) is 3.73. The van der Waals surface area contributed by atoms with Crippen LogP contribution < -0.4 is 10.2 Å².